The van der Waals surface area contributed by atoms with Crippen LogP contribution in [0.4, 0.5) is 17.6 Å². The zero-order chi connectivity index (χ0) is 36.9. The van der Waals surface area contributed by atoms with Gasteiger partial charge in [0.25, 0.3) is 0 Å². The fourth-order valence-electron chi connectivity index (χ4n) is 5.36. The van der Waals surface area contributed by atoms with Gasteiger partial charge in [-0.2, -0.15) is 0 Å². The molecule has 4 aromatic rings. The highest BCUT2D eigenvalue weighted by atomic mass is 79.9. The summed E-state index contributed by atoms with van der Waals surface area (Å²) in [6.45, 7) is 8.97. The van der Waals surface area contributed by atoms with E-state index in [-0.39, 0.29) is 29.3 Å². The third-order valence-electron chi connectivity index (χ3n) is 7.99. The molecule has 0 bridgehead atoms. The minimum Gasteiger partial charge on any atom is -0.490 e. The number of ether oxygens (including phenoxy) is 4. The molecule has 6 nitrogen and oxygen atoms in total. The number of benzene rings is 4. The Hall–Kier alpha value is -3.22. The molecule has 2 saturated heterocycles. The minimum atomic E-state index is -0.557. The molecule has 2 aliphatic heterocycles. The maximum Gasteiger partial charge on any atom is 0.165 e. The Bertz CT molecular complexity index is 1670. The van der Waals surface area contributed by atoms with Crippen molar-refractivity contribution in [3.63, 3.8) is 0 Å². The van der Waals surface area contributed by atoms with Crippen LogP contribution in [-0.2, 0) is 0 Å². The van der Waals surface area contributed by atoms with E-state index in [0.29, 0.717) is 23.5 Å². The van der Waals surface area contributed by atoms with Crippen molar-refractivity contribution in [1.82, 2.24) is 10.2 Å². The summed E-state index contributed by atoms with van der Waals surface area (Å²) in [7, 11) is 0. The Kier molecular flexibility index (Phi) is 15.6. The molecule has 2 fully saturated rings. The van der Waals surface area contributed by atoms with Crippen molar-refractivity contribution < 1.29 is 36.5 Å². The fourth-order valence-corrected chi connectivity index (χ4v) is 5.78. The number of halogens is 7. The van der Waals surface area contributed by atoms with Gasteiger partial charge in [-0.15, -0.1) is 0 Å². The summed E-state index contributed by atoms with van der Waals surface area (Å²) >= 11 is 14.8. The van der Waals surface area contributed by atoms with E-state index in [2.05, 4.69) is 40.0 Å². The maximum atomic E-state index is 13.5. The number of rotatable bonds is 11. The van der Waals surface area contributed by atoms with Crippen LogP contribution < -0.4 is 24.3 Å². The van der Waals surface area contributed by atoms with Gasteiger partial charge in [0.2, 0.25) is 0 Å². The lowest BCUT2D eigenvalue weighted by Crippen LogP contribution is -2.37. The van der Waals surface area contributed by atoms with Crippen LogP contribution in [0.1, 0.15) is 26.7 Å². The van der Waals surface area contributed by atoms with Gasteiger partial charge < -0.3 is 24.3 Å². The Labute approximate surface area is 315 Å². The first kappa shape index (κ1) is 40.5. The molecule has 4 aromatic carbocycles. The molecule has 2 atom stereocenters. The summed E-state index contributed by atoms with van der Waals surface area (Å²) in [6.07, 6.45) is 1.93. The quantitative estimate of drug-likeness (QED) is 0.120. The van der Waals surface area contributed by atoms with Gasteiger partial charge in [-0.1, -0.05) is 39.1 Å². The summed E-state index contributed by atoms with van der Waals surface area (Å²) in [5.74, 6) is -0.542. The van der Waals surface area contributed by atoms with Gasteiger partial charge in [0.1, 0.15) is 40.9 Å². The Morgan fingerprint density at radius 1 is 0.706 bits per heavy atom. The number of hydrogen-bond donors (Lipinski definition) is 1. The van der Waals surface area contributed by atoms with Crippen LogP contribution in [-0.4, -0.2) is 67.4 Å². The first-order valence-electron chi connectivity index (χ1n) is 16.4. The summed E-state index contributed by atoms with van der Waals surface area (Å²) < 4.78 is 74.2. The third kappa shape index (κ3) is 13.7. The average Bonchev–Trinajstić information content (AvgIpc) is 3.70. The lowest BCUT2D eigenvalue weighted by atomic mass is 10.1. The number of alkyl halides is 1. The van der Waals surface area contributed by atoms with Crippen molar-refractivity contribution in [3.05, 3.63) is 118 Å². The Morgan fingerprint density at radius 3 is 1.71 bits per heavy atom. The van der Waals surface area contributed by atoms with Crippen molar-refractivity contribution in [2.45, 2.75) is 37.9 Å². The first-order chi connectivity index (χ1) is 24.3. The van der Waals surface area contributed by atoms with E-state index in [4.69, 9.17) is 42.1 Å². The Morgan fingerprint density at radius 2 is 1.22 bits per heavy atom. The standard InChI is InChI=1S/C19H20ClF2NO2.C11H14ClNO.C8H7BrF2O/c1-19(25-16-5-2-14(20)3-6-16)8-9-23(13-19)10-11-24-18-12-15(21)4-7-17(18)22;1-11(6-7-13-8-11)14-10-4-2-9(12)3-5-10;9-3-4-12-8-5-6(10)1-2-7(8)11/h2-7,12H,8-11,13H2,1H3;2-5,13H,6-8H2,1H3;1-2,5H,3-4H2. The molecule has 2 unspecified atom stereocenters. The summed E-state index contributed by atoms with van der Waals surface area (Å²) in [6, 6.07) is 21.1. The maximum absolute atomic E-state index is 13.5. The normalized spacial score (nSPS) is 19.7. The van der Waals surface area contributed by atoms with E-state index in [1.165, 1.54) is 0 Å². The number of likely N-dealkylation sites (tertiary alicyclic amines) is 1. The highest BCUT2D eigenvalue weighted by Crippen LogP contribution is 2.29. The summed E-state index contributed by atoms with van der Waals surface area (Å²) in [5.41, 5.74) is -0.355. The van der Waals surface area contributed by atoms with Crippen molar-refractivity contribution in [3.8, 4) is 23.0 Å². The van der Waals surface area contributed by atoms with Crippen LogP contribution in [0.5, 0.6) is 23.0 Å². The van der Waals surface area contributed by atoms with Gasteiger partial charge in [-0.3, -0.25) is 4.90 Å². The van der Waals surface area contributed by atoms with Crippen molar-refractivity contribution in [2.24, 2.45) is 0 Å². The predicted octanol–water partition coefficient (Wildman–Crippen LogP) is 9.75. The molecule has 13 heteroatoms. The second kappa shape index (κ2) is 19.6. The molecule has 0 saturated carbocycles. The van der Waals surface area contributed by atoms with E-state index < -0.39 is 23.3 Å². The molecule has 0 aromatic heterocycles. The molecule has 6 rings (SSSR count). The van der Waals surface area contributed by atoms with Crippen LogP contribution in [0.3, 0.4) is 0 Å². The van der Waals surface area contributed by atoms with E-state index in [0.717, 1.165) is 91.9 Å². The van der Waals surface area contributed by atoms with Crippen LogP contribution in [0.2, 0.25) is 10.0 Å². The van der Waals surface area contributed by atoms with E-state index in [1.54, 1.807) is 12.1 Å². The highest BCUT2D eigenvalue weighted by Gasteiger charge is 2.35. The van der Waals surface area contributed by atoms with Crippen LogP contribution in [0.15, 0.2) is 84.9 Å². The Balaban J connectivity index is 0.000000189. The van der Waals surface area contributed by atoms with Gasteiger partial charge in [-0.25, -0.2) is 17.6 Å². The molecule has 0 aliphatic carbocycles. The highest BCUT2D eigenvalue weighted by molar-refractivity contribution is 9.09. The van der Waals surface area contributed by atoms with Crippen LogP contribution in [0.25, 0.3) is 0 Å². The van der Waals surface area contributed by atoms with E-state index in [1.807, 2.05) is 36.4 Å². The SMILES string of the molecule is CC1(Oc2ccc(Cl)cc2)CCN(CCOc2cc(F)ccc2F)C1.CC1(Oc2ccc(Cl)cc2)CCNC1.Fc1ccc(F)c(OCCBr)c1. The van der Waals surface area contributed by atoms with Gasteiger partial charge in [-0.05, 0) is 93.2 Å². The van der Waals surface area contributed by atoms with Crippen molar-refractivity contribution >= 4 is 39.1 Å². The molecule has 1 N–H and O–H groups in total. The topological polar surface area (TPSA) is 52.2 Å². The minimum absolute atomic E-state index is 0.0468. The van der Waals surface area contributed by atoms with Gasteiger partial charge in [0.15, 0.2) is 23.1 Å². The van der Waals surface area contributed by atoms with E-state index in [9.17, 15) is 17.6 Å². The largest absolute Gasteiger partial charge is 0.490 e. The fraction of sp³-hybridized carbons (Fsp3) is 0.368. The number of nitrogens with zero attached hydrogens (tertiary/aromatic N) is 1. The van der Waals surface area contributed by atoms with Crippen LogP contribution in [0, 0.1) is 23.3 Å². The molecule has 0 spiro atoms. The predicted molar refractivity (Wildman–Crippen MR) is 197 cm³/mol. The molecule has 276 valence electrons. The lowest BCUT2D eigenvalue weighted by molar-refractivity contribution is 0.0933. The van der Waals surface area contributed by atoms with E-state index >= 15 is 0 Å². The summed E-state index contributed by atoms with van der Waals surface area (Å²) in [5, 5.41) is 5.30. The van der Waals surface area contributed by atoms with Gasteiger partial charge >= 0.3 is 0 Å². The zero-order valence-electron chi connectivity index (χ0n) is 28.4. The number of nitrogens with one attached hydrogen (secondary N) is 1. The van der Waals surface area contributed by atoms with Crippen molar-refractivity contribution in [2.75, 3.05) is 51.3 Å². The monoisotopic (exact) mass is 814 g/mol. The molecule has 0 radical (unpaired) electrons. The van der Waals surface area contributed by atoms with Crippen molar-refractivity contribution in [1.29, 1.82) is 0 Å². The van der Waals surface area contributed by atoms with Crippen LogP contribution >= 0.6 is 39.1 Å². The van der Waals surface area contributed by atoms with Gasteiger partial charge in [0.05, 0.1) is 6.61 Å². The first-order valence-corrected chi connectivity index (χ1v) is 18.3. The second-order valence-electron chi connectivity index (χ2n) is 12.5. The molecule has 0 amide bonds. The third-order valence-corrected chi connectivity index (χ3v) is 8.81. The summed E-state index contributed by atoms with van der Waals surface area (Å²) in [4.78, 5) is 2.19. The smallest absolute Gasteiger partial charge is 0.165 e. The second-order valence-corrected chi connectivity index (χ2v) is 14.2. The number of hydrogen-bond acceptors (Lipinski definition) is 6. The molecular weight excluding hydrogens is 775 g/mol. The molecule has 2 heterocycles. The average molecular weight is 817 g/mol. The molecular formula is C38H41BrCl2F4N2O4. The molecule has 2 aliphatic rings. The zero-order valence-corrected chi connectivity index (χ0v) is 31.5. The molecule has 51 heavy (non-hydrogen) atoms. The lowest BCUT2D eigenvalue weighted by Gasteiger charge is -2.26. The van der Waals surface area contributed by atoms with Gasteiger partial charge in [0, 0.05) is 66.5 Å².